The molecule has 2 heterocycles. The van der Waals surface area contributed by atoms with Crippen molar-refractivity contribution >= 4 is 43.6 Å². The molecule has 4 nitrogen and oxygen atoms in total. The summed E-state index contributed by atoms with van der Waals surface area (Å²) in [7, 11) is 0. The number of nitrogens with zero attached hydrogens (tertiary/aromatic N) is 2. The lowest BCUT2D eigenvalue weighted by atomic mass is 9.86. The van der Waals surface area contributed by atoms with E-state index in [0.29, 0.717) is 10.8 Å². The van der Waals surface area contributed by atoms with Gasteiger partial charge in [0, 0.05) is 34.6 Å². The number of rotatable bonds is 10. The van der Waals surface area contributed by atoms with Crippen LogP contribution in [-0.2, 0) is 23.9 Å². The Bertz CT molecular complexity index is 1800. The fourth-order valence-electron chi connectivity index (χ4n) is 6.65. The topological polar surface area (TPSA) is 44.0 Å². The van der Waals surface area contributed by atoms with E-state index in [1.165, 1.54) is 25.7 Å². The highest BCUT2D eigenvalue weighted by atomic mass is 16.1. The summed E-state index contributed by atoms with van der Waals surface area (Å²) in [6.45, 7) is 19.3. The SMILES string of the molecule is CCCCCCn1c2ccc(C(C)(C)C)cc2c(=O)c2cc3c(cc21)c(=O)c1cc(C(C)(C)C)ccc1n3CCCCCC. The zero-order valence-corrected chi connectivity index (χ0v) is 28.4. The maximum Gasteiger partial charge on any atom is 0.197 e. The summed E-state index contributed by atoms with van der Waals surface area (Å²) in [4.78, 5) is 28.7. The number of pyridine rings is 2. The summed E-state index contributed by atoms with van der Waals surface area (Å²) in [5.41, 5.74) is 5.98. The summed E-state index contributed by atoms with van der Waals surface area (Å²) in [6.07, 6.45) is 9.09. The van der Waals surface area contributed by atoms with Crippen molar-refractivity contribution in [3.05, 3.63) is 80.1 Å². The Kier molecular flexibility index (Phi) is 9.12. The van der Waals surface area contributed by atoms with Crippen LogP contribution in [0.25, 0.3) is 43.6 Å². The van der Waals surface area contributed by atoms with E-state index in [4.69, 9.17) is 0 Å². The van der Waals surface area contributed by atoms with Gasteiger partial charge in [-0.15, -0.1) is 0 Å². The molecule has 0 aliphatic carbocycles. The predicted molar refractivity (Wildman–Crippen MR) is 191 cm³/mol. The van der Waals surface area contributed by atoms with E-state index in [2.05, 4.69) is 101 Å². The van der Waals surface area contributed by atoms with Crippen LogP contribution in [0.5, 0.6) is 0 Å². The van der Waals surface area contributed by atoms with Gasteiger partial charge in [-0.25, -0.2) is 0 Å². The van der Waals surface area contributed by atoms with Gasteiger partial charge in [0.25, 0.3) is 0 Å². The van der Waals surface area contributed by atoms with Crippen LogP contribution in [-0.4, -0.2) is 9.13 Å². The van der Waals surface area contributed by atoms with Crippen molar-refractivity contribution in [2.45, 2.75) is 131 Å². The van der Waals surface area contributed by atoms with Gasteiger partial charge >= 0.3 is 0 Å². The Morgan fingerprint density at radius 1 is 0.477 bits per heavy atom. The van der Waals surface area contributed by atoms with Crippen molar-refractivity contribution in [1.82, 2.24) is 9.13 Å². The number of unbranched alkanes of at least 4 members (excludes halogenated alkanes) is 6. The van der Waals surface area contributed by atoms with Gasteiger partial charge in [-0.1, -0.05) is 106 Å². The minimum absolute atomic E-state index is 0.0565. The third kappa shape index (κ3) is 6.10. The maximum absolute atomic E-state index is 14.4. The molecule has 0 spiro atoms. The van der Waals surface area contributed by atoms with Crippen LogP contribution in [0.4, 0.5) is 0 Å². The zero-order valence-electron chi connectivity index (χ0n) is 28.4. The summed E-state index contributed by atoms with van der Waals surface area (Å²) in [6, 6.07) is 16.9. The molecule has 0 bridgehead atoms. The fourth-order valence-corrected chi connectivity index (χ4v) is 6.65. The molecule has 2 aromatic heterocycles. The first-order valence-electron chi connectivity index (χ1n) is 17.0. The van der Waals surface area contributed by atoms with Gasteiger partial charge < -0.3 is 9.13 Å². The van der Waals surface area contributed by atoms with Crippen LogP contribution in [0.2, 0.25) is 0 Å². The Morgan fingerprint density at radius 2 is 0.841 bits per heavy atom. The molecule has 234 valence electrons. The first-order valence-corrected chi connectivity index (χ1v) is 17.0. The lowest BCUT2D eigenvalue weighted by Gasteiger charge is -2.23. The van der Waals surface area contributed by atoms with Crippen LogP contribution in [0.15, 0.2) is 58.1 Å². The monoisotopic (exact) mass is 592 g/mol. The first-order chi connectivity index (χ1) is 20.9. The predicted octanol–water partition coefficient (Wildman–Crippen LogP) is 10.4. The second-order valence-corrected chi connectivity index (χ2v) is 14.9. The molecule has 0 fully saturated rings. The normalized spacial score (nSPS) is 12.7. The van der Waals surface area contributed by atoms with Crippen molar-refractivity contribution in [3.8, 4) is 0 Å². The van der Waals surface area contributed by atoms with Crippen molar-refractivity contribution in [1.29, 1.82) is 0 Å². The molecule has 0 amide bonds. The summed E-state index contributed by atoms with van der Waals surface area (Å²) in [5, 5.41) is 2.96. The van der Waals surface area contributed by atoms with Crippen LogP contribution in [0.3, 0.4) is 0 Å². The summed E-state index contributed by atoms with van der Waals surface area (Å²) in [5.74, 6) is 0. The van der Waals surface area contributed by atoms with Gasteiger partial charge in [0.1, 0.15) is 0 Å². The fraction of sp³-hybridized carbons (Fsp3) is 0.500. The van der Waals surface area contributed by atoms with E-state index in [-0.39, 0.29) is 21.7 Å². The van der Waals surface area contributed by atoms with Crippen molar-refractivity contribution < 1.29 is 0 Å². The summed E-state index contributed by atoms with van der Waals surface area (Å²) < 4.78 is 4.63. The summed E-state index contributed by atoms with van der Waals surface area (Å²) >= 11 is 0. The minimum Gasteiger partial charge on any atom is -0.340 e. The molecule has 0 unspecified atom stereocenters. The Balaban J connectivity index is 1.88. The second kappa shape index (κ2) is 12.5. The van der Waals surface area contributed by atoms with Gasteiger partial charge in [-0.05, 0) is 71.2 Å². The molecule has 5 aromatic rings. The van der Waals surface area contributed by atoms with Gasteiger partial charge in [-0.2, -0.15) is 0 Å². The van der Waals surface area contributed by atoms with E-state index >= 15 is 0 Å². The molecule has 3 aromatic carbocycles. The van der Waals surface area contributed by atoms with E-state index in [9.17, 15) is 9.59 Å². The molecule has 0 saturated heterocycles. The van der Waals surface area contributed by atoms with Gasteiger partial charge in [-0.3, -0.25) is 9.59 Å². The quantitative estimate of drug-likeness (QED) is 0.120. The molecule has 44 heavy (non-hydrogen) atoms. The maximum atomic E-state index is 14.4. The number of benzene rings is 3. The molecule has 0 aliphatic rings. The highest BCUT2D eigenvalue weighted by Gasteiger charge is 2.21. The molecule has 0 radical (unpaired) electrons. The van der Waals surface area contributed by atoms with Crippen molar-refractivity contribution in [2.75, 3.05) is 0 Å². The lowest BCUT2D eigenvalue weighted by Crippen LogP contribution is -2.18. The number of hydrogen-bond acceptors (Lipinski definition) is 2. The average molecular weight is 593 g/mol. The van der Waals surface area contributed by atoms with E-state index in [0.717, 1.165) is 82.7 Å². The first kappa shape index (κ1) is 32.0. The smallest absolute Gasteiger partial charge is 0.197 e. The lowest BCUT2D eigenvalue weighted by molar-refractivity contribution is 0.589. The number of hydrogen-bond donors (Lipinski definition) is 0. The molecule has 5 rings (SSSR count). The minimum atomic E-state index is -0.0608. The highest BCUT2D eigenvalue weighted by Crippen LogP contribution is 2.31. The molecule has 0 aliphatic heterocycles. The molecule has 4 heteroatoms. The van der Waals surface area contributed by atoms with E-state index < -0.39 is 0 Å². The Labute approximate surface area is 263 Å². The Morgan fingerprint density at radius 3 is 1.18 bits per heavy atom. The number of fused-ring (bicyclic) bond motifs is 4. The van der Waals surface area contributed by atoms with E-state index in [1.807, 2.05) is 12.1 Å². The van der Waals surface area contributed by atoms with Crippen LogP contribution < -0.4 is 10.9 Å². The van der Waals surface area contributed by atoms with Gasteiger partial charge in [0.05, 0.1) is 22.1 Å². The van der Waals surface area contributed by atoms with E-state index in [1.54, 1.807) is 0 Å². The zero-order chi connectivity index (χ0) is 31.8. The Hall–Kier alpha value is -3.40. The molecular formula is C40H52N2O2. The van der Waals surface area contributed by atoms with Crippen LogP contribution >= 0.6 is 0 Å². The van der Waals surface area contributed by atoms with Crippen molar-refractivity contribution in [3.63, 3.8) is 0 Å². The largest absolute Gasteiger partial charge is 0.340 e. The van der Waals surface area contributed by atoms with Gasteiger partial charge in [0.15, 0.2) is 10.9 Å². The van der Waals surface area contributed by atoms with Crippen LogP contribution in [0.1, 0.15) is 118 Å². The van der Waals surface area contributed by atoms with Crippen molar-refractivity contribution in [2.24, 2.45) is 0 Å². The number of aromatic nitrogens is 2. The average Bonchev–Trinajstić information content (AvgIpc) is 2.98. The second-order valence-electron chi connectivity index (χ2n) is 14.9. The third-order valence-electron chi connectivity index (χ3n) is 9.45. The number of aryl methyl sites for hydroxylation is 2. The molecule has 0 atom stereocenters. The molecular weight excluding hydrogens is 540 g/mol. The highest BCUT2D eigenvalue weighted by molar-refractivity contribution is 6.04. The molecule has 0 saturated carbocycles. The van der Waals surface area contributed by atoms with Crippen LogP contribution in [0, 0.1) is 0 Å². The third-order valence-corrected chi connectivity index (χ3v) is 9.45. The van der Waals surface area contributed by atoms with Gasteiger partial charge in [0.2, 0.25) is 0 Å². The standard InChI is InChI=1S/C40H52N2O2/c1-9-11-13-15-21-41-33-19-17-27(39(3,4)5)23-29(33)37(43)31-26-36-32(25-35(31)41)38(44)30-24-28(40(6,7)8)18-20-34(30)42(36)22-16-14-12-10-2/h17-20,23-26H,9-16,21-22H2,1-8H3. The molecule has 0 N–H and O–H groups in total.